The molecule has 114 valence electrons. The van der Waals surface area contributed by atoms with Crippen LogP contribution in [0.15, 0.2) is 53.0 Å². The lowest BCUT2D eigenvalue weighted by molar-refractivity contribution is -0.116. The Kier molecular flexibility index (Phi) is 4.48. The highest BCUT2D eigenvalue weighted by molar-refractivity contribution is 9.10. The third-order valence-electron chi connectivity index (χ3n) is 4.04. The Morgan fingerprint density at radius 3 is 2.91 bits per heavy atom. The molecule has 3 nitrogen and oxygen atoms in total. The van der Waals surface area contributed by atoms with Gasteiger partial charge in [-0.1, -0.05) is 40.2 Å². The van der Waals surface area contributed by atoms with E-state index in [2.05, 4.69) is 57.3 Å². The first-order valence-electron chi connectivity index (χ1n) is 7.53. The molecule has 0 aliphatic carbocycles. The molecule has 2 aromatic rings. The van der Waals surface area contributed by atoms with Gasteiger partial charge < -0.3 is 10.2 Å². The predicted octanol–water partition coefficient (Wildman–Crippen LogP) is 4.23. The number of hydrogen-bond donors (Lipinski definition) is 1. The van der Waals surface area contributed by atoms with Gasteiger partial charge in [-0.2, -0.15) is 0 Å². The molecular formula is C18H19BrN2O. The van der Waals surface area contributed by atoms with Crippen LogP contribution in [-0.2, 0) is 11.2 Å². The Bertz CT molecular complexity index is 686. The smallest absolute Gasteiger partial charge is 0.226 e. The van der Waals surface area contributed by atoms with Crippen LogP contribution in [0.3, 0.4) is 0 Å². The molecule has 0 saturated carbocycles. The number of fused-ring (bicyclic) bond motifs is 1. The molecule has 0 saturated heterocycles. The fourth-order valence-electron chi connectivity index (χ4n) is 2.98. The third-order valence-corrected chi connectivity index (χ3v) is 4.53. The van der Waals surface area contributed by atoms with E-state index < -0.39 is 0 Å². The molecule has 4 heteroatoms. The van der Waals surface area contributed by atoms with Gasteiger partial charge in [0.25, 0.3) is 0 Å². The predicted molar refractivity (Wildman–Crippen MR) is 94.3 cm³/mol. The van der Waals surface area contributed by atoms with Gasteiger partial charge in [-0.05, 0) is 43.2 Å². The lowest BCUT2D eigenvalue weighted by Crippen LogP contribution is -2.32. The Morgan fingerprint density at radius 2 is 2.09 bits per heavy atom. The summed E-state index contributed by atoms with van der Waals surface area (Å²) in [6, 6.07) is 16.6. The van der Waals surface area contributed by atoms with Crippen molar-refractivity contribution in [2.24, 2.45) is 0 Å². The van der Waals surface area contributed by atoms with Crippen molar-refractivity contribution in [3.05, 3.63) is 58.6 Å². The number of amides is 1. The summed E-state index contributed by atoms with van der Waals surface area (Å²) in [5.41, 5.74) is 3.47. The zero-order chi connectivity index (χ0) is 15.5. The molecule has 0 bridgehead atoms. The molecule has 2 aromatic carbocycles. The molecule has 22 heavy (non-hydrogen) atoms. The molecule has 3 rings (SSSR count). The zero-order valence-corrected chi connectivity index (χ0v) is 14.1. The van der Waals surface area contributed by atoms with Gasteiger partial charge in [0.1, 0.15) is 0 Å². The topological polar surface area (TPSA) is 32.3 Å². The highest BCUT2D eigenvalue weighted by atomic mass is 79.9. The van der Waals surface area contributed by atoms with Gasteiger partial charge in [0, 0.05) is 34.9 Å². The van der Waals surface area contributed by atoms with Gasteiger partial charge in [-0.3, -0.25) is 4.79 Å². The first-order valence-corrected chi connectivity index (χ1v) is 8.33. The average Bonchev–Trinajstić information content (AvgIpc) is 2.80. The normalized spacial score (nSPS) is 16.5. The first kappa shape index (κ1) is 15.1. The van der Waals surface area contributed by atoms with Crippen LogP contribution in [0.4, 0.5) is 11.4 Å². The van der Waals surface area contributed by atoms with Gasteiger partial charge in [-0.15, -0.1) is 0 Å². The molecule has 0 spiro atoms. The summed E-state index contributed by atoms with van der Waals surface area (Å²) in [5.74, 6) is 0.0506. The number of nitrogens with one attached hydrogen (secondary N) is 1. The SMILES string of the molecule is CC1Cc2ccccc2N1CCC(=O)Nc1cccc(Br)c1. The van der Waals surface area contributed by atoms with Crippen LogP contribution in [0.1, 0.15) is 18.9 Å². The minimum absolute atomic E-state index is 0.0506. The second-order valence-corrected chi connectivity index (χ2v) is 6.60. The lowest BCUT2D eigenvalue weighted by atomic mass is 10.1. The van der Waals surface area contributed by atoms with Crippen LogP contribution in [0.25, 0.3) is 0 Å². The molecule has 0 aromatic heterocycles. The number of nitrogens with zero attached hydrogens (tertiary/aromatic N) is 1. The van der Waals surface area contributed by atoms with Crippen molar-refractivity contribution in [3.8, 4) is 0 Å². The summed E-state index contributed by atoms with van der Waals surface area (Å²) >= 11 is 3.41. The first-order chi connectivity index (χ1) is 10.6. The average molecular weight is 359 g/mol. The quantitative estimate of drug-likeness (QED) is 0.886. The van der Waals surface area contributed by atoms with Crippen molar-refractivity contribution < 1.29 is 4.79 Å². The lowest BCUT2D eigenvalue weighted by Gasteiger charge is -2.24. The van der Waals surface area contributed by atoms with Crippen LogP contribution in [0.2, 0.25) is 0 Å². The number of rotatable bonds is 4. The van der Waals surface area contributed by atoms with E-state index in [-0.39, 0.29) is 5.91 Å². The van der Waals surface area contributed by atoms with Crippen LogP contribution in [0.5, 0.6) is 0 Å². The van der Waals surface area contributed by atoms with E-state index in [1.54, 1.807) is 0 Å². The summed E-state index contributed by atoms with van der Waals surface area (Å²) in [4.78, 5) is 14.5. The molecule has 1 unspecified atom stereocenters. The van der Waals surface area contributed by atoms with Gasteiger partial charge in [0.2, 0.25) is 5.91 Å². The fourth-order valence-corrected chi connectivity index (χ4v) is 3.38. The van der Waals surface area contributed by atoms with Crippen molar-refractivity contribution in [3.63, 3.8) is 0 Å². The van der Waals surface area contributed by atoms with E-state index >= 15 is 0 Å². The summed E-state index contributed by atoms with van der Waals surface area (Å²) in [6.07, 6.45) is 1.55. The Balaban J connectivity index is 1.60. The van der Waals surface area contributed by atoms with Crippen molar-refractivity contribution in [1.29, 1.82) is 0 Å². The summed E-state index contributed by atoms with van der Waals surface area (Å²) in [5, 5.41) is 2.95. The molecule has 0 radical (unpaired) electrons. The van der Waals surface area contributed by atoms with E-state index in [0.717, 1.165) is 23.1 Å². The molecule has 1 aliphatic rings. The van der Waals surface area contributed by atoms with Crippen LogP contribution in [0, 0.1) is 0 Å². The van der Waals surface area contributed by atoms with Gasteiger partial charge in [0.15, 0.2) is 0 Å². The van der Waals surface area contributed by atoms with E-state index in [0.29, 0.717) is 12.5 Å². The third kappa shape index (κ3) is 3.33. The van der Waals surface area contributed by atoms with Crippen molar-refractivity contribution >= 4 is 33.2 Å². The number of carbonyl (C=O) groups excluding carboxylic acids is 1. The van der Waals surface area contributed by atoms with E-state index in [1.165, 1.54) is 11.3 Å². The number of hydrogen-bond acceptors (Lipinski definition) is 2. The van der Waals surface area contributed by atoms with Crippen LogP contribution >= 0.6 is 15.9 Å². The van der Waals surface area contributed by atoms with E-state index in [4.69, 9.17) is 0 Å². The van der Waals surface area contributed by atoms with E-state index in [1.807, 2.05) is 24.3 Å². The van der Waals surface area contributed by atoms with Crippen molar-refractivity contribution in [2.45, 2.75) is 25.8 Å². The molecule has 1 amide bonds. The number of anilines is 2. The van der Waals surface area contributed by atoms with Gasteiger partial charge >= 0.3 is 0 Å². The molecular weight excluding hydrogens is 340 g/mol. The minimum atomic E-state index is 0.0506. The minimum Gasteiger partial charge on any atom is -0.368 e. The summed E-state index contributed by atoms with van der Waals surface area (Å²) in [6.45, 7) is 2.96. The largest absolute Gasteiger partial charge is 0.368 e. The maximum Gasteiger partial charge on any atom is 0.226 e. The van der Waals surface area contributed by atoms with Gasteiger partial charge in [0.05, 0.1) is 0 Å². The number of carbonyl (C=O) groups is 1. The maximum absolute atomic E-state index is 12.1. The van der Waals surface area contributed by atoms with Crippen LogP contribution < -0.4 is 10.2 Å². The molecule has 1 N–H and O–H groups in total. The van der Waals surface area contributed by atoms with Gasteiger partial charge in [-0.25, -0.2) is 0 Å². The summed E-state index contributed by atoms with van der Waals surface area (Å²) < 4.78 is 0.965. The maximum atomic E-state index is 12.1. The Labute approximate surface area is 139 Å². The number of halogens is 1. The molecule has 1 aliphatic heterocycles. The Morgan fingerprint density at radius 1 is 1.27 bits per heavy atom. The highest BCUT2D eigenvalue weighted by Crippen LogP contribution is 2.31. The molecule has 1 heterocycles. The second-order valence-electron chi connectivity index (χ2n) is 5.68. The van der Waals surface area contributed by atoms with Crippen LogP contribution in [-0.4, -0.2) is 18.5 Å². The fraction of sp³-hybridized carbons (Fsp3) is 0.278. The number of para-hydroxylation sites is 1. The van der Waals surface area contributed by atoms with E-state index in [9.17, 15) is 4.79 Å². The second kappa shape index (κ2) is 6.53. The monoisotopic (exact) mass is 358 g/mol. The molecule has 0 fully saturated rings. The summed E-state index contributed by atoms with van der Waals surface area (Å²) in [7, 11) is 0. The molecule has 1 atom stereocenters. The van der Waals surface area contributed by atoms with Crippen molar-refractivity contribution in [2.75, 3.05) is 16.8 Å². The standard InChI is InChI=1S/C18H19BrN2O/c1-13-11-14-5-2-3-8-17(14)21(13)10-9-18(22)20-16-7-4-6-15(19)12-16/h2-8,12-13H,9-11H2,1H3,(H,20,22). The number of benzene rings is 2. The van der Waals surface area contributed by atoms with Crippen molar-refractivity contribution in [1.82, 2.24) is 0 Å². The zero-order valence-electron chi connectivity index (χ0n) is 12.6. The highest BCUT2D eigenvalue weighted by Gasteiger charge is 2.25. The Hall–Kier alpha value is -1.81.